The summed E-state index contributed by atoms with van der Waals surface area (Å²) in [5.41, 5.74) is 5.42. The van der Waals surface area contributed by atoms with Gasteiger partial charge in [0.25, 0.3) is 0 Å². The van der Waals surface area contributed by atoms with Crippen LogP contribution in [0.25, 0.3) is 31.9 Å². The SMILES string of the molecule is CC(C)(C)C1=CC(=CC2=C([O-])C(=Cc3cc(-c4ccccc4)[s+]c(-c4ccccc4)c3)C2=O)C=C(c2ccccc2)S1. The summed E-state index contributed by atoms with van der Waals surface area (Å²) in [4.78, 5) is 17.8. The zero-order valence-corrected chi connectivity index (χ0v) is 25.4. The minimum Gasteiger partial charge on any atom is -0.871 e. The first kappa shape index (κ1) is 27.9. The Labute approximate surface area is 255 Å². The molecule has 0 fully saturated rings. The minimum absolute atomic E-state index is 0.0668. The fraction of sp³-hybridized carbons (Fsp3) is 0.105. The van der Waals surface area contributed by atoms with Gasteiger partial charge in [0.1, 0.15) is 0 Å². The number of carbonyl (C=O) groups is 1. The Bertz CT molecular complexity index is 1760. The summed E-state index contributed by atoms with van der Waals surface area (Å²) < 4.78 is 0. The molecule has 6 rings (SSSR count). The number of thioether (sulfide) groups is 1. The summed E-state index contributed by atoms with van der Waals surface area (Å²) in [6.07, 6.45) is 7.68. The molecule has 0 unspecified atom stereocenters. The summed E-state index contributed by atoms with van der Waals surface area (Å²) in [5.74, 6) is -0.415. The number of hydrogen-bond donors (Lipinski definition) is 0. The number of benzene rings is 3. The molecule has 3 aromatic carbocycles. The zero-order valence-electron chi connectivity index (χ0n) is 23.8. The lowest BCUT2D eigenvalue weighted by Gasteiger charge is -2.30. The van der Waals surface area contributed by atoms with Gasteiger partial charge in [0, 0.05) is 39.3 Å². The molecule has 2 heterocycles. The van der Waals surface area contributed by atoms with E-state index in [4.69, 9.17) is 0 Å². The van der Waals surface area contributed by atoms with Crippen molar-refractivity contribution in [2.75, 3.05) is 0 Å². The highest BCUT2D eigenvalue weighted by atomic mass is 32.2. The Morgan fingerprint density at radius 1 is 0.714 bits per heavy atom. The molecule has 1 aliphatic carbocycles. The van der Waals surface area contributed by atoms with Crippen LogP contribution >= 0.6 is 23.1 Å². The summed E-state index contributed by atoms with van der Waals surface area (Å²) in [5, 5.41) is 13.4. The molecule has 42 heavy (non-hydrogen) atoms. The third-order valence-corrected chi connectivity index (χ3v) is 9.82. The fourth-order valence-corrected chi connectivity index (χ4v) is 7.17. The number of rotatable bonds is 5. The molecule has 1 aliphatic heterocycles. The maximum absolute atomic E-state index is 13.4. The molecule has 1 aromatic heterocycles. The Balaban J connectivity index is 1.39. The monoisotopic (exact) mass is 582 g/mol. The van der Waals surface area contributed by atoms with Gasteiger partial charge < -0.3 is 5.11 Å². The van der Waals surface area contributed by atoms with Crippen molar-refractivity contribution in [2.24, 2.45) is 5.41 Å². The van der Waals surface area contributed by atoms with Gasteiger partial charge in [0.05, 0.1) is 0 Å². The van der Waals surface area contributed by atoms with Crippen LogP contribution in [0.1, 0.15) is 31.9 Å². The van der Waals surface area contributed by atoms with Crippen LogP contribution in [0.15, 0.2) is 149 Å². The predicted octanol–water partition coefficient (Wildman–Crippen LogP) is 9.59. The maximum atomic E-state index is 13.4. The van der Waals surface area contributed by atoms with Gasteiger partial charge in [-0.2, -0.15) is 0 Å². The van der Waals surface area contributed by atoms with E-state index in [1.807, 2.05) is 54.6 Å². The first-order chi connectivity index (χ1) is 20.3. The average Bonchev–Trinajstić information content (AvgIpc) is 3.03. The van der Waals surface area contributed by atoms with E-state index in [1.165, 1.54) is 4.91 Å². The quantitative estimate of drug-likeness (QED) is 0.174. The van der Waals surface area contributed by atoms with Crippen molar-refractivity contribution in [2.45, 2.75) is 20.8 Å². The fourth-order valence-electron chi connectivity index (χ4n) is 4.84. The maximum Gasteiger partial charge on any atom is 0.239 e. The molecule has 0 radical (unpaired) electrons. The first-order valence-electron chi connectivity index (χ1n) is 13.9. The topological polar surface area (TPSA) is 40.1 Å². The van der Waals surface area contributed by atoms with Gasteiger partial charge in [0.2, 0.25) is 21.1 Å². The zero-order chi connectivity index (χ0) is 29.3. The lowest BCUT2D eigenvalue weighted by atomic mass is 9.85. The highest BCUT2D eigenvalue weighted by molar-refractivity contribution is 8.11. The molecule has 0 saturated heterocycles. The molecule has 0 spiro atoms. The van der Waals surface area contributed by atoms with Crippen molar-refractivity contribution >= 4 is 39.9 Å². The first-order valence-corrected chi connectivity index (χ1v) is 15.6. The summed E-state index contributed by atoms with van der Waals surface area (Å²) in [6, 6.07) is 34.7. The van der Waals surface area contributed by atoms with Crippen LogP contribution in [0.4, 0.5) is 0 Å². The van der Waals surface area contributed by atoms with Crippen molar-refractivity contribution in [1.82, 2.24) is 0 Å². The molecule has 0 N–H and O–H groups in total. The lowest BCUT2D eigenvalue weighted by molar-refractivity contribution is -0.300. The third kappa shape index (κ3) is 5.87. The Hall–Kier alpha value is -4.25. The van der Waals surface area contributed by atoms with Gasteiger partial charge in [-0.05, 0) is 75.6 Å². The van der Waals surface area contributed by atoms with E-state index in [-0.39, 0.29) is 28.1 Å². The van der Waals surface area contributed by atoms with E-state index >= 15 is 0 Å². The molecule has 0 atom stereocenters. The van der Waals surface area contributed by atoms with E-state index in [1.54, 1.807) is 35.3 Å². The third-order valence-electron chi connectivity index (χ3n) is 7.15. The van der Waals surface area contributed by atoms with E-state index in [9.17, 15) is 9.90 Å². The molecule has 4 heteroatoms. The Kier molecular flexibility index (Phi) is 7.68. The van der Waals surface area contributed by atoms with Gasteiger partial charge in [-0.25, -0.2) is 0 Å². The van der Waals surface area contributed by atoms with Crippen molar-refractivity contribution in [1.29, 1.82) is 0 Å². The van der Waals surface area contributed by atoms with E-state index in [0.717, 1.165) is 42.5 Å². The van der Waals surface area contributed by atoms with Crippen molar-refractivity contribution < 1.29 is 9.90 Å². The van der Waals surface area contributed by atoms with Crippen LogP contribution in [0.5, 0.6) is 0 Å². The van der Waals surface area contributed by atoms with Crippen LogP contribution in [0.3, 0.4) is 0 Å². The highest BCUT2D eigenvalue weighted by Crippen LogP contribution is 2.47. The second kappa shape index (κ2) is 11.6. The predicted molar refractivity (Wildman–Crippen MR) is 177 cm³/mol. The number of hydrogen-bond acceptors (Lipinski definition) is 3. The molecular weight excluding hydrogens is 553 g/mol. The normalized spacial score (nSPS) is 17.3. The highest BCUT2D eigenvalue weighted by Gasteiger charge is 2.28. The van der Waals surface area contributed by atoms with Gasteiger partial charge in [-0.15, -0.1) is 0 Å². The van der Waals surface area contributed by atoms with Gasteiger partial charge >= 0.3 is 0 Å². The molecule has 2 aliphatic rings. The standard InChI is InChI=1S/C38H30O2S2/c1-38(2,3)35-24-26(23-34(42-35)29-17-11-6-12-18-29)20-31-36(39)30(37(31)40)19-25-21-32(27-13-7-4-8-14-27)41-33(22-25)28-15-9-5-10-16-28/h4-24H,1-3H3. The Morgan fingerprint density at radius 2 is 1.24 bits per heavy atom. The summed E-state index contributed by atoms with van der Waals surface area (Å²) in [6.45, 7) is 6.54. The van der Waals surface area contributed by atoms with E-state index in [2.05, 4.69) is 81.5 Å². The minimum atomic E-state index is -0.207. The number of carbonyl (C=O) groups excluding carboxylic acids is 1. The van der Waals surface area contributed by atoms with Gasteiger partial charge in [0.15, 0.2) is 5.78 Å². The molecule has 2 nitrogen and oxygen atoms in total. The van der Waals surface area contributed by atoms with Crippen molar-refractivity contribution in [3.8, 4) is 20.9 Å². The average molecular weight is 583 g/mol. The molecule has 0 saturated carbocycles. The number of Topliss-reactive ketones (excluding diaryl/α,β-unsaturated/α-hetero) is 1. The van der Waals surface area contributed by atoms with Gasteiger partial charge in [-0.3, -0.25) is 4.79 Å². The number of ketones is 1. The molecule has 4 aromatic rings. The smallest absolute Gasteiger partial charge is 0.239 e. The van der Waals surface area contributed by atoms with Crippen molar-refractivity contribution in [3.05, 3.63) is 160 Å². The molecule has 0 amide bonds. The van der Waals surface area contributed by atoms with Crippen molar-refractivity contribution in [3.63, 3.8) is 0 Å². The largest absolute Gasteiger partial charge is 0.871 e. The second-order valence-electron chi connectivity index (χ2n) is 11.4. The van der Waals surface area contributed by atoms with Crippen LogP contribution in [-0.2, 0) is 4.79 Å². The molecule has 0 bridgehead atoms. The van der Waals surface area contributed by atoms with Gasteiger partial charge in [-0.1, -0.05) is 105 Å². The van der Waals surface area contributed by atoms with Crippen LogP contribution in [0.2, 0.25) is 0 Å². The van der Waals surface area contributed by atoms with E-state index in [0.29, 0.717) is 0 Å². The van der Waals surface area contributed by atoms with Crippen LogP contribution < -0.4 is 5.11 Å². The van der Waals surface area contributed by atoms with E-state index < -0.39 is 0 Å². The summed E-state index contributed by atoms with van der Waals surface area (Å²) >= 11 is 3.44. The second-order valence-corrected chi connectivity index (χ2v) is 13.5. The summed E-state index contributed by atoms with van der Waals surface area (Å²) in [7, 11) is 0. The van der Waals surface area contributed by atoms with Crippen LogP contribution in [-0.4, -0.2) is 5.78 Å². The Morgan fingerprint density at radius 3 is 1.74 bits per heavy atom. The number of allylic oxidation sites excluding steroid dienone is 7. The lowest BCUT2D eigenvalue weighted by Crippen LogP contribution is -2.29. The van der Waals surface area contributed by atoms with Crippen LogP contribution in [0, 0.1) is 5.41 Å². The molecule has 206 valence electrons. The molecular formula is C38H30O2S2.